The summed E-state index contributed by atoms with van der Waals surface area (Å²) in [4.78, 5) is 25.3. The standard InChI is InChI=1S/C15H25NO3/c1-2-12(10-11-6-3-4-7-11)14(17)16-9-5-8-13(16)15(18)19/h11-13H,2-10H2,1H3,(H,18,19). The van der Waals surface area contributed by atoms with E-state index < -0.39 is 12.0 Å². The predicted molar refractivity (Wildman–Crippen MR) is 72.7 cm³/mol. The van der Waals surface area contributed by atoms with Crippen molar-refractivity contribution in [3.05, 3.63) is 0 Å². The number of rotatable bonds is 5. The van der Waals surface area contributed by atoms with Gasteiger partial charge < -0.3 is 10.0 Å². The van der Waals surface area contributed by atoms with Gasteiger partial charge in [-0.25, -0.2) is 4.79 Å². The van der Waals surface area contributed by atoms with Crippen LogP contribution in [0.15, 0.2) is 0 Å². The number of amides is 1. The summed E-state index contributed by atoms with van der Waals surface area (Å²) in [5.74, 6) is -0.0521. The molecule has 108 valence electrons. The lowest BCUT2D eigenvalue weighted by Gasteiger charge is -2.27. The molecule has 0 radical (unpaired) electrons. The van der Waals surface area contributed by atoms with Crippen LogP contribution in [0.4, 0.5) is 0 Å². The Bertz CT molecular complexity index is 336. The second-order valence-electron chi connectivity index (χ2n) is 6.02. The van der Waals surface area contributed by atoms with Crippen molar-refractivity contribution >= 4 is 11.9 Å². The molecule has 1 heterocycles. The molecule has 4 heteroatoms. The Hall–Kier alpha value is -1.06. The van der Waals surface area contributed by atoms with E-state index in [1.165, 1.54) is 25.7 Å². The molecule has 2 aliphatic rings. The van der Waals surface area contributed by atoms with Gasteiger partial charge >= 0.3 is 5.97 Å². The Balaban J connectivity index is 1.96. The number of nitrogens with zero attached hydrogens (tertiary/aromatic N) is 1. The lowest BCUT2D eigenvalue weighted by Crippen LogP contribution is -2.43. The number of carbonyl (C=O) groups excluding carboxylic acids is 1. The minimum absolute atomic E-state index is 0.0306. The molecule has 1 saturated heterocycles. The van der Waals surface area contributed by atoms with Crippen molar-refractivity contribution in [3.8, 4) is 0 Å². The minimum Gasteiger partial charge on any atom is -0.480 e. The maximum absolute atomic E-state index is 12.5. The van der Waals surface area contributed by atoms with E-state index in [-0.39, 0.29) is 11.8 Å². The third-order valence-electron chi connectivity index (χ3n) is 4.76. The van der Waals surface area contributed by atoms with Gasteiger partial charge in [0.15, 0.2) is 0 Å². The molecule has 19 heavy (non-hydrogen) atoms. The first kappa shape index (κ1) is 14.4. The summed E-state index contributed by atoms with van der Waals surface area (Å²) < 4.78 is 0. The second kappa shape index (κ2) is 6.40. The molecule has 2 rings (SSSR count). The monoisotopic (exact) mass is 267 g/mol. The third-order valence-corrected chi connectivity index (χ3v) is 4.76. The smallest absolute Gasteiger partial charge is 0.326 e. The highest BCUT2D eigenvalue weighted by atomic mass is 16.4. The third kappa shape index (κ3) is 3.28. The van der Waals surface area contributed by atoms with Crippen molar-refractivity contribution in [1.82, 2.24) is 4.90 Å². The van der Waals surface area contributed by atoms with Crippen molar-refractivity contribution in [2.75, 3.05) is 6.54 Å². The first-order valence-corrected chi connectivity index (χ1v) is 7.66. The molecule has 1 N–H and O–H groups in total. The number of carboxylic acid groups (broad SMARTS) is 1. The molecule has 4 nitrogen and oxygen atoms in total. The lowest BCUT2D eigenvalue weighted by molar-refractivity contribution is -0.150. The molecule has 0 bridgehead atoms. The van der Waals surface area contributed by atoms with E-state index >= 15 is 0 Å². The topological polar surface area (TPSA) is 57.6 Å². The Kier molecular flexibility index (Phi) is 4.83. The van der Waals surface area contributed by atoms with E-state index in [0.29, 0.717) is 18.9 Å². The van der Waals surface area contributed by atoms with Crippen LogP contribution in [-0.2, 0) is 9.59 Å². The summed E-state index contributed by atoms with van der Waals surface area (Å²) in [6.45, 7) is 2.67. The van der Waals surface area contributed by atoms with Crippen LogP contribution in [0.3, 0.4) is 0 Å². The summed E-state index contributed by atoms with van der Waals surface area (Å²) in [6, 6.07) is -0.579. The molecule has 0 aromatic heterocycles. The Morgan fingerprint density at radius 2 is 1.89 bits per heavy atom. The van der Waals surface area contributed by atoms with E-state index in [1.807, 2.05) is 6.92 Å². The molecule has 0 aromatic rings. The van der Waals surface area contributed by atoms with Crippen molar-refractivity contribution in [2.24, 2.45) is 11.8 Å². The van der Waals surface area contributed by atoms with Gasteiger partial charge in [-0.3, -0.25) is 4.79 Å². The van der Waals surface area contributed by atoms with E-state index in [0.717, 1.165) is 19.3 Å². The Morgan fingerprint density at radius 3 is 2.47 bits per heavy atom. The molecule has 1 saturated carbocycles. The average molecular weight is 267 g/mol. The summed E-state index contributed by atoms with van der Waals surface area (Å²) in [5, 5.41) is 9.18. The molecule has 0 spiro atoms. The van der Waals surface area contributed by atoms with Gasteiger partial charge in [-0.15, -0.1) is 0 Å². The van der Waals surface area contributed by atoms with Crippen molar-refractivity contribution < 1.29 is 14.7 Å². The van der Waals surface area contributed by atoms with Crippen molar-refractivity contribution in [2.45, 2.75) is 64.3 Å². The molecular weight excluding hydrogens is 242 g/mol. The molecule has 2 fully saturated rings. The van der Waals surface area contributed by atoms with E-state index in [2.05, 4.69) is 0 Å². The molecule has 0 aromatic carbocycles. The minimum atomic E-state index is -0.846. The van der Waals surface area contributed by atoms with Crippen LogP contribution in [0, 0.1) is 11.8 Å². The highest BCUT2D eigenvalue weighted by Gasteiger charge is 2.37. The van der Waals surface area contributed by atoms with E-state index in [9.17, 15) is 14.7 Å². The number of aliphatic carboxylic acids is 1. The second-order valence-corrected chi connectivity index (χ2v) is 6.02. The molecule has 1 aliphatic carbocycles. The van der Waals surface area contributed by atoms with Gasteiger partial charge in [-0.05, 0) is 31.6 Å². The van der Waals surface area contributed by atoms with Crippen molar-refractivity contribution in [3.63, 3.8) is 0 Å². The summed E-state index contributed by atoms with van der Waals surface area (Å²) >= 11 is 0. The maximum atomic E-state index is 12.5. The fraction of sp³-hybridized carbons (Fsp3) is 0.867. The number of carbonyl (C=O) groups is 2. The Morgan fingerprint density at radius 1 is 1.21 bits per heavy atom. The zero-order valence-electron chi connectivity index (χ0n) is 11.8. The maximum Gasteiger partial charge on any atom is 0.326 e. The van der Waals surface area contributed by atoms with Crippen LogP contribution in [-0.4, -0.2) is 34.5 Å². The van der Waals surface area contributed by atoms with Crippen LogP contribution in [0.5, 0.6) is 0 Å². The van der Waals surface area contributed by atoms with E-state index in [1.54, 1.807) is 4.90 Å². The quantitative estimate of drug-likeness (QED) is 0.833. The summed E-state index contributed by atoms with van der Waals surface area (Å²) in [7, 11) is 0. The van der Waals surface area contributed by atoms with Crippen LogP contribution >= 0.6 is 0 Å². The van der Waals surface area contributed by atoms with Gasteiger partial charge in [-0.2, -0.15) is 0 Å². The zero-order valence-corrected chi connectivity index (χ0v) is 11.8. The number of hydrogen-bond acceptors (Lipinski definition) is 2. The molecule has 1 amide bonds. The first-order valence-electron chi connectivity index (χ1n) is 7.66. The number of likely N-dealkylation sites (tertiary alicyclic amines) is 1. The van der Waals surface area contributed by atoms with Crippen LogP contribution in [0.25, 0.3) is 0 Å². The SMILES string of the molecule is CCC(CC1CCCC1)C(=O)N1CCCC1C(=O)O. The first-order chi connectivity index (χ1) is 9.13. The molecule has 1 aliphatic heterocycles. The highest BCUT2D eigenvalue weighted by Crippen LogP contribution is 2.33. The molecule has 2 atom stereocenters. The van der Waals surface area contributed by atoms with Crippen LogP contribution in [0.2, 0.25) is 0 Å². The van der Waals surface area contributed by atoms with Gasteiger partial charge in [0.25, 0.3) is 0 Å². The highest BCUT2D eigenvalue weighted by molar-refractivity contribution is 5.85. The van der Waals surface area contributed by atoms with Gasteiger partial charge in [0.05, 0.1) is 0 Å². The van der Waals surface area contributed by atoms with Gasteiger partial charge in [-0.1, -0.05) is 32.6 Å². The van der Waals surface area contributed by atoms with Gasteiger partial charge in [0.1, 0.15) is 6.04 Å². The Labute approximate surface area is 115 Å². The van der Waals surface area contributed by atoms with Gasteiger partial charge in [0, 0.05) is 12.5 Å². The normalized spacial score (nSPS) is 25.7. The number of hydrogen-bond donors (Lipinski definition) is 1. The fourth-order valence-electron chi connectivity index (χ4n) is 3.61. The zero-order chi connectivity index (χ0) is 13.8. The summed E-state index contributed by atoms with van der Waals surface area (Å²) in [5.41, 5.74) is 0. The lowest BCUT2D eigenvalue weighted by atomic mass is 9.90. The van der Waals surface area contributed by atoms with Crippen molar-refractivity contribution in [1.29, 1.82) is 0 Å². The van der Waals surface area contributed by atoms with E-state index in [4.69, 9.17) is 0 Å². The predicted octanol–water partition coefficient (Wildman–Crippen LogP) is 2.67. The number of carboxylic acids is 1. The largest absolute Gasteiger partial charge is 0.480 e. The fourth-order valence-corrected chi connectivity index (χ4v) is 3.61. The van der Waals surface area contributed by atoms with Crippen LogP contribution < -0.4 is 0 Å². The molecular formula is C15H25NO3. The van der Waals surface area contributed by atoms with Crippen LogP contribution in [0.1, 0.15) is 58.3 Å². The van der Waals surface area contributed by atoms with Gasteiger partial charge in [0.2, 0.25) is 5.91 Å². The summed E-state index contributed by atoms with van der Waals surface area (Å²) in [6.07, 6.45) is 8.28. The molecule has 2 unspecified atom stereocenters. The average Bonchev–Trinajstić information content (AvgIpc) is 3.05.